The summed E-state index contributed by atoms with van der Waals surface area (Å²) in [5.41, 5.74) is 1.43. The van der Waals surface area contributed by atoms with Gasteiger partial charge in [0.25, 0.3) is 0 Å². The van der Waals surface area contributed by atoms with Gasteiger partial charge in [0.05, 0.1) is 0 Å². The summed E-state index contributed by atoms with van der Waals surface area (Å²) in [5.74, 6) is 0. The van der Waals surface area contributed by atoms with E-state index in [1.165, 1.54) is 12.0 Å². The number of nitrogens with one attached hydrogen (secondary N) is 1. The highest BCUT2D eigenvalue weighted by Gasteiger charge is 2.12. The van der Waals surface area contributed by atoms with Crippen molar-refractivity contribution in [3.8, 4) is 0 Å². The van der Waals surface area contributed by atoms with Gasteiger partial charge in [-0.25, -0.2) is 0 Å². The fourth-order valence-corrected chi connectivity index (χ4v) is 2.04. The second-order valence-electron chi connectivity index (χ2n) is 5.26. The molecule has 1 N–H and O–H groups in total. The van der Waals surface area contributed by atoms with Gasteiger partial charge in [0.2, 0.25) is 0 Å². The Bertz CT molecular complexity index is 289. The Morgan fingerprint density at radius 1 is 1.19 bits per heavy atom. The molecule has 0 aliphatic carbocycles. The zero-order valence-corrected chi connectivity index (χ0v) is 11.6. The van der Waals surface area contributed by atoms with Gasteiger partial charge >= 0.3 is 0 Å². The van der Waals surface area contributed by atoms with E-state index < -0.39 is 0 Å². The first-order valence-corrected chi connectivity index (χ1v) is 6.76. The zero-order valence-electron chi connectivity index (χ0n) is 10.8. The molecule has 0 fully saturated rings. The summed E-state index contributed by atoms with van der Waals surface area (Å²) in [5, 5.41) is 0. The molecule has 1 aromatic carbocycles. The molecule has 2 heteroatoms. The highest BCUT2D eigenvalue weighted by Crippen LogP contribution is 2.20. The van der Waals surface area contributed by atoms with Crippen molar-refractivity contribution < 1.29 is 0 Å². The molecule has 1 nitrogen and oxygen atoms in total. The van der Waals surface area contributed by atoms with E-state index in [-0.39, 0.29) is 0 Å². The highest BCUT2D eigenvalue weighted by atomic mass is 32.2. The fourth-order valence-electron chi connectivity index (χ4n) is 1.36. The summed E-state index contributed by atoms with van der Waals surface area (Å²) in [6.45, 7) is 8.94. The van der Waals surface area contributed by atoms with E-state index in [4.69, 9.17) is 0 Å². The molecule has 0 aliphatic rings. The predicted octanol–water partition coefficient (Wildman–Crippen LogP) is 4.04. The molecule has 0 saturated carbocycles. The predicted molar refractivity (Wildman–Crippen MR) is 74.7 cm³/mol. The van der Waals surface area contributed by atoms with Crippen LogP contribution in [0, 0.1) is 0 Å². The topological polar surface area (TPSA) is 12.0 Å². The van der Waals surface area contributed by atoms with Crippen molar-refractivity contribution in [2.45, 2.75) is 51.3 Å². The average molecular weight is 237 g/mol. The molecule has 0 spiro atoms. The van der Waals surface area contributed by atoms with Crippen LogP contribution in [0.25, 0.3) is 0 Å². The first-order chi connectivity index (χ1) is 7.47. The lowest BCUT2D eigenvalue weighted by Gasteiger charge is -2.21. The lowest BCUT2D eigenvalue weighted by atomic mass is 10.1. The quantitative estimate of drug-likeness (QED) is 0.776. The van der Waals surface area contributed by atoms with E-state index in [1.54, 1.807) is 0 Å². The van der Waals surface area contributed by atoms with E-state index in [9.17, 15) is 0 Å². The van der Waals surface area contributed by atoms with Gasteiger partial charge in [-0.2, -0.15) is 0 Å². The monoisotopic (exact) mass is 237 g/mol. The molecule has 16 heavy (non-hydrogen) atoms. The first-order valence-electron chi connectivity index (χ1n) is 5.95. The van der Waals surface area contributed by atoms with Gasteiger partial charge in [-0.05, 0) is 46.1 Å². The van der Waals surface area contributed by atoms with Gasteiger partial charge in [0, 0.05) is 10.8 Å². The SMILES string of the molecule is C[C@@H](CCc1ccccc1)NSC(C)(C)C. The fraction of sp³-hybridized carbons (Fsp3) is 0.571. The zero-order chi connectivity index (χ0) is 12.0. The Hall–Kier alpha value is -0.470. The van der Waals surface area contributed by atoms with E-state index in [0.29, 0.717) is 10.8 Å². The summed E-state index contributed by atoms with van der Waals surface area (Å²) in [6.07, 6.45) is 2.34. The largest absolute Gasteiger partial charge is 0.261 e. The molecule has 1 atom stereocenters. The summed E-state index contributed by atoms with van der Waals surface area (Å²) < 4.78 is 3.80. The van der Waals surface area contributed by atoms with Crippen molar-refractivity contribution in [3.05, 3.63) is 35.9 Å². The van der Waals surface area contributed by atoms with Gasteiger partial charge < -0.3 is 0 Å². The Labute approximate surface area is 104 Å². The standard InChI is InChI=1S/C14H23NS/c1-12(15-16-14(2,3)4)10-11-13-8-6-5-7-9-13/h5-9,12,15H,10-11H2,1-4H3/t12-/m0/s1. The lowest BCUT2D eigenvalue weighted by molar-refractivity contribution is 0.621. The molecular formula is C14H23NS. The molecule has 1 aromatic rings. The minimum Gasteiger partial charge on any atom is -0.261 e. The van der Waals surface area contributed by atoms with Gasteiger partial charge in [0.1, 0.15) is 0 Å². The summed E-state index contributed by atoms with van der Waals surface area (Å²) in [4.78, 5) is 0. The van der Waals surface area contributed by atoms with Crippen molar-refractivity contribution >= 4 is 11.9 Å². The number of benzene rings is 1. The molecule has 0 amide bonds. The van der Waals surface area contributed by atoms with Crippen LogP contribution in [0.4, 0.5) is 0 Å². The van der Waals surface area contributed by atoms with Gasteiger partial charge in [-0.15, -0.1) is 0 Å². The van der Waals surface area contributed by atoms with E-state index >= 15 is 0 Å². The number of rotatable bonds is 5. The van der Waals surface area contributed by atoms with Crippen molar-refractivity contribution in [1.82, 2.24) is 4.72 Å². The summed E-state index contributed by atoms with van der Waals surface area (Å²) >= 11 is 1.83. The van der Waals surface area contributed by atoms with Crippen LogP contribution in [0.1, 0.15) is 39.7 Å². The maximum absolute atomic E-state index is 3.51. The van der Waals surface area contributed by atoms with Crippen LogP contribution in [0.3, 0.4) is 0 Å². The molecule has 0 radical (unpaired) electrons. The molecule has 0 bridgehead atoms. The van der Waals surface area contributed by atoms with Gasteiger partial charge in [0.15, 0.2) is 0 Å². The Kier molecular flexibility index (Phi) is 5.36. The normalized spacial score (nSPS) is 13.8. The third-order valence-electron chi connectivity index (χ3n) is 2.28. The molecule has 0 saturated heterocycles. The molecule has 0 aliphatic heterocycles. The third-order valence-corrected chi connectivity index (χ3v) is 3.41. The van der Waals surface area contributed by atoms with Crippen molar-refractivity contribution in [2.24, 2.45) is 0 Å². The Morgan fingerprint density at radius 2 is 1.81 bits per heavy atom. The van der Waals surface area contributed by atoms with Gasteiger partial charge in [-0.3, -0.25) is 4.72 Å². The van der Waals surface area contributed by atoms with Crippen molar-refractivity contribution in [1.29, 1.82) is 0 Å². The molecule has 1 rings (SSSR count). The number of aryl methyl sites for hydroxylation is 1. The minimum absolute atomic E-state index is 0.293. The third kappa shape index (κ3) is 6.19. The van der Waals surface area contributed by atoms with E-state index in [0.717, 1.165) is 6.42 Å². The van der Waals surface area contributed by atoms with Crippen LogP contribution < -0.4 is 4.72 Å². The van der Waals surface area contributed by atoms with Crippen LogP contribution in [0.15, 0.2) is 30.3 Å². The first kappa shape index (κ1) is 13.6. The maximum Gasteiger partial charge on any atom is 0.0220 e. The molecular weight excluding hydrogens is 214 g/mol. The summed E-state index contributed by atoms with van der Waals surface area (Å²) in [6, 6.07) is 11.2. The molecule has 90 valence electrons. The van der Waals surface area contributed by atoms with Crippen LogP contribution >= 0.6 is 11.9 Å². The maximum atomic E-state index is 3.51. The van der Waals surface area contributed by atoms with Crippen LogP contribution in [0.5, 0.6) is 0 Å². The van der Waals surface area contributed by atoms with Crippen molar-refractivity contribution in [2.75, 3.05) is 0 Å². The van der Waals surface area contributed by atoms with E-state index in [1.807, 2.05) is 11.9 Å². The minimum atomic E-state index is 0.293. The average Bonchev–Trinajstić information content (AvgIpc) is 2.24. The number of hydrogen-bond acceptors (Lipinski definition) is 2. The smallest absolute Gasteiger partial charge is 0.0220 e. The van der Waals surface area contributed by atoms with Crippen LogP contribution in [0.2, 0.25) is 0 Å². The molecule has 0 unspecified atom stereocenters. The molecule has 0 heterocycles. The Balaban J connectivity index is 2.23. The van der Waals surface area contributed by atoms with Crippen LogP contribution in [-0.4, -0.2) is 10.8 Å². The van der Waals surface area contributed by atoms with E-state index in [2.05, 4.69) is 62.7 Å². The summed E-state index contributed by atoms with van der Waals surface area (Å²) in [7, 11) is 0. The second kappa shape index (κ2) is 6.31. The highest BCUT2D eigenvalue weighted by molar-refractivity contribution is 7.98. The Morgan fingerprint density at radius 3 is 2.38 bits per heavy atom. The lowest BCUT2D eigenvalue weighted by Crippen LogP contribution is -2.25. The molecule has 0 aromatic heterocycles. The van der Waals surface area contributed by atoms with Gasteiger partial charge in [-0.1, -0.05) is 42.3 Å². The van der Waals surface area contributed by atoms with Crippen LogP contribution in [-0.2, 0) is 6.42 Å². The second-order valence-corrected chi connectivity index (χ2v) is 6.92. The van der Waals surface area contributed by atoms with Crippen molar-refractivity contribution in [3.63, 3.8) is 0 Å². The number of hydrogen-bond donors (Lipinski definition) is 1.